The predicted octanol–water partition coefficient (Wildman–Crippen LogP) is 3.19. The second-order valence-electron chi connectivity index (χ2n) is 4.42. The smallest absolute Gasteiger partial charge is 0.366 e. The van der Waals surface area contributed by atoms with Crippen molar-refractivity contribution in [3.8, 4) is 0 Å². The number of thioether (sulfide) groups is 1. The zero-order valence-electron chi connectivity index (χ0n) is 11.9. The van der Waals surface area contributed by atoms with Crippen molar-refractivity contribution in [2.75, 3.05) is 6.26 Å². The van der Waals surface area contributed by atoms with Crippen molar-refractivity contribution in [1.82, 2.24) is 0 Å². The van der Waals surface area contributed by atoms with Gasteiger partial charge in [-0.25, -0.2) is 4.79 Å². The van der Waals surface area contributed by atoms with Crippen molar-refractivity contribution in [2.24, 2.45) is 10.9 Å². The molecule has 0 atom stereocenters. The molecule has 0 spiro atoms. The van der Waals surface area contributed by atoms with Crippen LogP contribution >= 0.6 is 11.8 Å². The average molecular weight is 300 g/mol. The van der Waals surface area contributed by atoms with Crippen LogP contribution < -0.4 is 5.73 Å². The summed E-state index contributed by atoms with van der Waals surface area (Å²) in [5.41, 5.74) is 8.12. The van der Waals surface area contributed by atoms with Crippen LogP contribution in [0.1, 0.15) is 21.5 Å². The van der Waals surface area contributed by atoms with E-state index in [4.69, 9.17) is 10.6 Å². The number of nitrogens with two attached hydrogens (primary N) is 1. The molecule has 21 heavy (non-hydrogen) atoms. The summed E-state index contributed by atoms with van der Waals surface area (Å²) < 4.78 is 0. The maximum atomic E-state index is 12.0. The first-order valence-electron chi connectivity index (χ1n) is 6.36. The first kappa shape index (κ1) is 15.1. The standard InChI is InChI=1S/C16H16N2O2S/c1-11-7-9-12(10-8-11)15(17)18-20-16(19)13-5-3-4-6-14(13)21-2/h3-10H,1-2H3,(H2,17,18). The summed E-state index contributed by atoms with van der Waals surface area (Å²) >= 11 is 1.48. The van der Waals surface area contributed by atoms with Crippen LogP contribution in [-0.4, -0.2) is 18.1 Å². The first-order chi connectivity index (χ1) is 10.1. The Balaban J connectivity index is 2.12. The molecule has 108 valence electrons. The Kier molecular flexibility index (Phi) is 5.00. The van der Waals surface area contributed by atoms with Crippen LogP contribution in [-0.2, 0) is 4.84 Å². The Bertz CT molecular complexity index is 666. The van der Waals surface area contributed by atoms with E-state index in [1.807, 2.05) is 49.6 Å². The molecule has 0 radical (unpaired) electrons. The van der Waals surface area contributed by atoms with E-state index in [2.05, 4.69) is 5.16 Å². The molecule has 2 aromatic carbocycles. The molecule has 0 amide bonds. The summed E-state index contributed by atoms with van der Waals surface area (Å²) in [7, 11) is 0. The lowest BCUT2D eigenvalue weighted by Gasteiger charge is -2.05. The van der Waals surface area contributed by atoms with E-state index in [0.29, 0.717) is 11.1 Å². The number of amidine groups is 1. The maximum Gasteiger partial charge on any atom is 0.366 e. The van der Waals surface area contributed by atoms with Crippen molar-refractivity contribution in [3.63, 3.8) is 0 Å². The Morgan fingerprint density at radius 1 is 1.14 bits per heavy atom. The highest BCUT2D eigenvalue weighted by Gasteiger charge is 2.12. The van der Waals surface area contributed by atoms with Gasteiger partial charge < -0.3 is 10.6 Å². The van der Waals surface area contributed by atoms with Crippen LogP contribution in [0.25, 0.3) is 0 Å². The lowest BCUT2D eigenvalue weighted by Crippen LogP contribution is -2.15. The third kappa shape index (κ3) is 3.86. The Morgan fingerprint density at radius 3 is 2.48 bits per heavy atom. The number of benzene rings is 2. The minimum Gasteiger partial charge on any atom is -0.380 e. The molecule has 0 heterocycles. The Hall–Kier alpha value is -2.27. The van der Waals surface area contributed by atoms with Gasteiger partial charge in [-0.2, -0.15) is 0 Å². The summed E-state index contributed by atoms with van der Waals surface area (Å²) in [4.78, 5) is 17.8. The van der Waals surface area contributed by atoms with Crippen LogP contribution in [0.5, 0.6) is 0 Å². The predicted molar refractivity (Wildman–Crippen MR) is 85.5 cm³/mol. The van der Waals surface area contributed by atoms with Crippen molar-refractivity contribution < 1.29 is 9.63 Å². The van der Waals surface area contributed by atoms with Crippen molar-refractivity contribution in [3.05, 3.63) is 65.2 Å². The number of aryl methyl sites for hydroxylation is 1. The topological polar surface area (TPSA) is 64.7 Å². The lowest BCUT2D eigenvalue weighted by atomic mass is 10.1. The molecule has 0 fully saturated rings. The zero-order valence-corrected chi connectivity index (χ0v) is 12.7. The highest BCUT2D eigenvalue weighted by Crippen LogP contribution is 2.20. The monoisotopic (exact) mass is 300 g/mol. The third-order valence-corrected chi connectivity index (χ3v) is 3.70. The molecule has 0 bridgehead atoms. The molecule has 2 N–H and O–H groups in total. The van der Waals surface area contributed by atoms with Gasteiger partial charge in [0.05, 0.1) is 5.56 Å². The molecule has 0 aromatic heterocycles. The van der Waals surface area contributed by atoms with E-state index in [1.165, 1.54) is 11.8 Å². The van der Waals surface area contributed by atoms with Crippen molar-refractivity contribution in [2.45, 2.75) is 11.8 Å². The quantitative estimate of drug-likeness (QED) is 0.310. The number of carbonyl (C=O) groups is 1. The summed E-state index contributed by atoms with van der Waals surface area (Å²) in [6, 6.07) is 14.7. The normalized spacial score (nSPS) is 11.2. The van der Waals surface area contributed by atoms with Gasteiger partial charge in [0.1, 0.15) is 0 Å². The maximum absolute atomic E-state index is 12.0. The highest BCUT2D eigenvalue weighted by molar-refractivity contribution is 7.98. The lowest BCUT2D eigenvalue weighted by molar-refractivity contribution is 0.0512. The van der Waals surface area contributed by atoms with E-state index >= 15 is 0 Å². The summed E-state index contributed by atoms with van der Waals surface area (Å²) in [6.45, 7) is 1.98. The number of hydrogen-bond acceptors (Lipinski definition) is 4. The molecule has 0 saturated heterocycles. The Labute approximate surface area is 128 Å². The van der Waals surface area contributed by atoms with Gasteiger partial charge in [-0.3, -0.25) is 0 Å². The molecule has 0 saturated carbocycles. The van der Waals surface area contributed by atoms with E-state index in [9.17, 15) is 4.79 Å². The van der Waals surface area contributed by atoms with E-state index in [0.717, 1.165) is 10.5 Å². The van der Waals surface area contributed by atoms with E-state index in [1.54, 1.807) is 12.1 Å². The fourth-order valence-corrected chi connectivity index (χ4v) is 2.32. The van der Waals surface area contributed by atoms with E-state index < -0.39 is 5.97 Å². The summed E-state index contributed by atoms with van der Waals surface area (Å²) in [5.74, 6) is -0.347. The van der Waals surface area contributed by atoms with Crippen LogP contribution in [0, 0.1) is 6.92 Å². The van der Waals surface area contributed by atoms with Gasteiger partial charge in [-0.1, -0.05) is 47.1 Å². The Morgan fingerprint density at radius 2 is 1.81 bits per heavy atom. The van der Waals surface area contributed by atoms with Gasteiger partial charge in [0, 0.05) is 10.5 Å². The van der Waals surface area contributed by atoms with Crippen molar-refractivity contribution in [1.29, 1.82) is 0 Å². The third-order valence-electron chi connectivity index (χ3n) is 2.90. The van der Waals surface area contributed by atoms with Gasteiger partial charge in [0.2, 0.25) is 0 Å². The number of rotatable bonds is 4. The van der Waals surface area contributed by atoms with Crippen molar-refractivity contribution >= 4 is 23.6 Å². The number of carbonyl (C=O) groups excluding carboxylic acids is 1. The molecule has 0 unspecified atom stereocenters. The van der Waals surface area contributed by atoms with E-state index in [-0.39, 0.29) is 5.84 Å². The molecule has 2 rings (SSSR count). The number of nitrogens with zero attached hydrogens (tertiary/aromatic N) is 1. The molecule has 2 aromatic rings. The van der Waals surface area contributed by atoms with Crippen LogP contribution in [0.15, 0.2) is 58.6 Å². The molecule has 0 aliphatic rings. The fourth-order valence-electron chi connectivity index (χ4n) is 1.73. The SMILES string of the molecule is CSc1ccccc1C(=O)O/N=C(/N)c1ccc(C)cc1. The number of oxime groups is 1. The second kappa shape index (κ2) is 6.95. The molecule has 0 aliphatic heterocycles. The largest absolute Gasteiger partial charge is 0.380 e. The molecule has 5 heteroatoms. The zero-order chi connectivity index (χ0) is 15.2. The van der Waals surface area contributed by atoms with Gasteiger partial charge in [-0.15, -0.1) is 11.8 Å². The molecular weight excluding hydrogens is 284 g/mol. The molecule has 0 aliphatic carbocycles. The first-order valence-corrected chi connectivity index (χ1v) is 7.59. The summed E-state index contributed by atoms with van der Waals surface area (Å²) in [5, 5.41) is 3.71. The number of hydrogen-bond donors (Lipinski definition) is 1. The molecule has 4 nitrogen and oxygen atoms in total. The highest BCUT2D eigenvalue weighted by atomic mass is 32.2. The summed E-state index contributed by atoms with van der Waals surface area (Å²) in [6.07, 6.45) is 1.90. The van der Waals surface area contributed by atoms with Crippen LogP contribution in [0.3, 0.4) is 0 Å². The fraction of sp³-hybridized carbons (Fsp3) is 0.125. The van der Waals surface area contributed by atoms with Crippen LogP contribution in [0.4, 0.5) is 0 Å². The van der Waals surface area contributed by atoms with Crippen LogP contribution in [0.2, 0.25) is 0 Å². The minimum atomic E-state index is -0.519. The van der Waals surface area contributed by atoms with Gasteiger partial charge in [-0.05, 0) is 25.3 Å². The average Bonchev–Trinajstić information content (AvgIpc) is 2.52. The van der Waals surface area contributed by atoms with Gasteiger partial charge >= 0.3 is 5.97 Å². The van der Waals surface area contributed by atoms with Gasteiger partial charge in [0.25, 0.3) is 0 Å². The second-order valence-corrected chi connectivity index (χ2v) is 5.27. The molecular formula is C16H16N2O2S. The minimum absolute atomic E-state index is 0.171. The van der Waals surface area contributed by atoms with Gasteiger partial charge in [0.15, 0.2) is 5.84 Å².